The number of amidine groups is 1. The third-order valence-corrected chi connectivity index (χ3v) is 6.93. The molecule has 7 heteroatoms. The van der Waals surface area contributed by atoms with Crippen molar-refractivity contribution in [2.45, 2.75) is 30.4 Å². The summed E-state index contributed by atoms with van der Waals surface area (Å²) in [5.41, 5.74) is 1.56. The van der Waals surface area contributed by atoms with Gasteiger partial charge in [-0.1, -0.05) is 54.6 Å². The molecule has 0 aromatic heterocycles. The molecule has 0 radical (unpaired) electrons. The van der Waals surface area contributed by atoms with Crippen molar-refractivity contribution in [1.29, 1.82) is 0 Å². The minimum Gasteiger partial charge on any atom is -0.272 e. The Hall–Kier alpha value is -2.12. The number of hydrogen-bond donors (Lipinski definition) is 0. The molecule has 2 aromatic carbocycles. The van der Waals surface area contributed by atoms with Crippen LogP contribution in [-0.2, 0) is 14.8 Å². The van der Waals surface area contributed by atoms with Crippen LogP contribution >= 0.6 is 11.8 Å². The van der Waals surface area contributed by atoms with Crippen LogP contribution in [0.1, 0.15) is 18.9 Å². The Morgan fingerprint density at radius 1 is 1.08 bits per heavy atom. The van der Waals surface area contributed by atoms with Crippen molar-refractivity contribution in [1.82, 2.24) is 4.31 Å². The molecule has 0 unspecified atom stereocenters. The fourth-order valence-corrected chi connectivity index (χ4v) is 5.19. The SMILES string of the molecule is CC[C@H]1SC(=Nc2ccccc2)N(S(=O)(=O)c2ccc(C)cc2)C1=O. The molecule has 1 heterocycles. The van der Waals surface area contributed by atoms with Gasteiger partial charge in [-0.2, -0.15) is 4.31 Å². The molecule has 1 fully saturated rings. The average Bonchev–Trinajstić information content (AvgIpc) is 2.92. The van der Waals surface area contributed by atoms with Gasteiger partial charge in [-0.05, 0) is 37.6 Å². The number of aryl methyl sites for hydroxylation is 1. The van der Waals surface area contributed by atoms with Gasteiger partial charge in [-0.3, -0.25) is 4.79 Å². The Morgan fingerprint density at radius 2 is 1.72 bits per heavy atom. The van der Waals surface area contributed by atoms with Gasteiger partial charge in [-0.15, -0.1) is 0 Å². The maximum atomic E-state index is 13.0. The van der Waals surface area contributed by atoms with E-state index in [1.54, 1.807) is 24.3 Å². The smallest absolute Gasteiger partial charge is 0.272 e. The van der Waals surface area contributed by atoms with E-state index in [4.69, 9.17) is 0 Å². The molecule has 0 N–H and O–H groups in total. The standard InChI is InChI=1S/C18H18N2O3S2/c1-3-16-17(21)20(18(24-16)19-14-7-5-4-6-8-14)25(22,23)15-11-9-13(2)10-12-15/h4-12,16H,3H2,1-2H3/t16-/m1/s1. The Balaban J connectivity index is 2.07. The highest BCUT2D eigenvalue weighted by Gasteiger charge is 2.44. The molecule has 0 saturated carbocycles. The van der Waals surface area contributed by atoms with Gasteiger partial charge in [0.05, 0.1) is 15.8 Å². The second-order valence-corrected chi connectivity index (χ2v) is 8.62. The topological polar surface area (TPSA) is 66.8 Å². The predicted molar refractivity (Wildman–Crippen MR) is 100 cm³/mol. The van der Waals surface area contributed by atoms with E-state index in [2.05, 4.69) is 4.99 Å². The minimum atomic E-state index is -3.98. The van der Waals surface area contributed by atoms with Crippen molar-refractivity contribution in [2.75, 3.05) is 0 Å². The van der Waals surface area contributed by atoms with Crippen LogP contribution in [0.25, 0.3) is 0 Å². The Labute approximate surface area is 151 Å². The molecule has 1 aliphatic rings. The van der Waals surface area contributed by atoms with Crippen molar-refractivity contribution < 1.29 is 13.2 Å². The van der Waals surface area contributed by atoms with Crippen LogP contribution < -0.4 is 0 Å². The summed E-state index contributed by atoms with van der Waals surface area (Å²) in [6, 6.07) is 15.5. The first kappa shape index (κ1) is 17.7. The maximum absolute atomic E-state index is 13.0. The zero-order chi connectivity index (χ0) is 18.0. The molecule has 5 nitrogen and oxygen atoms in total. The largest absolute Gasteiger partial charge is 0.272 e. The summed E-state index contributed by atoms with van der Waals surface area (Å²) >= 11 is 1.19. The molecule has 1 atom stereocenters. The fraction of sp³-hybridized carbons (Fsp3) is 0.222. The number of sulfonamides is 1. The lowest BCUT2D eigenvalue weighted by atomic mass is 10.2. The van der Waals surface area contributed by atoms with E-state index in [9.17, 15) is 13.2 Å². The lowest BCUT2D eigenvalue weighted by molar-refractivity contribution is -0.122. The Kier molecular flexibility index (Phi) is 4.96. The second kappa shape index (κ2) is 7.01. The molecule has 0 aliphatic carbocycles. The van der Waals surface area contributed by atoms with Gasteiger partial charge in [0.15, 0.2) is 5.17 Å². The van der Waals surface area contributed by atoms with Crippen LogP contribution in [0, 0.1) is 6.92 Å². The molecule has 130 valence electrons. The Morgan fingerprint density at radius 3 is 2.32 bits per heavy atom. The molecule has 0 spiro atoms. The number of para-hydroxylation sites is 1. The van der Waals surface area contributed by atoms with Gasteiger partial charge in [-0.25, -0.2) is 13.4 Å². The molecule has 3 rings (SSSR count). The lowest BCUT2D eigenvalue weighted by Crippen LogP contribution is -2.37. The number of hydrogen-bond acceptors (Lipinski definition) is 5. The fourth-order valence-electron chi connectivity index (χ4n) is 2.43. The summed E-state index contributed by atoms with van der Waals surface area (Å²) in [5.74, 6) is -0.442. The van der Waals surface area contributed by atoms with Crippen LogP contribution in [0.4, 0.5) is 5.69 Å². The number of benzene rings is 2. The zero-order valence-corrected chi connectivity index (χ0v) is 15.5. The van der Waals surface area contributed by atoms with Crippen molar-refractivity contribution in [3.8, 4) is 0 Å². The quantitative estimate of drug-likeness (QED) is 0.818. The molecule has 1 aliphatic heterocycles. The number of carbonyl (C=O) groups excluding carboxylic acids is 1. The number of rotatable bonds is 4. The monoisotopic (exact) mass is 374 g/mol. The lowest BCUT2D eigenvalue weighted by Gasteiger charge is -2.17. The third-order valence-electron chi connectivity index (χ3n) is 3.81. The van der Waals surface area contributed by atoms with E-state index in [1.807, 2.05) is 32.0 Å². The maximum Gasteiger partial charge on any atom is 0.272 e. The highest BCUT2D eigenvalue weighted by atomic mass is 32.2. The van der Waals surface area contributed by atoms with Crippen LogP contribution in [0.15, 0.2) is 64.5 Å². The van der Waals surface area contributed by atoms with E-state index in [0.29, 0.717) is 12.1 Å². The highest BCUT2D eigenvalue weighted by molar-refractivity contribution is 8.17. The minimum absolute atomic E-state index is 0.0876. The van der Waals surface area contributed by atoms with Gasteiger partial charge in [0.2, 0.25) is 0 Å². The molecular weight excluding hydrogens is 356 g/mol. The Bertz CT molecular complexity index is 907. The van der Waals surface area contributed by atoms with Crippen LogP contribution in [0.2, 0.25) is 0 Å². The van der Waals surface area contributed by atoms with E-state index in [1.165, 1.54) is 23.9 Å². The summed E-state index contributed by atoms with van der Waals surface area (Å²) < 4.78 is 26.9. The summed E-state index contributed by atoms with van der Waals surface area (Å²) in [5, 5.41) is -0.244. The van der Waals surface area contributed by atoms with E-state index < -0.39 is 21.2 Å². The third kappa shape index (κ3) is 3.48. The number of amides is 1. The van der Waals surface area contributed by atoms with Gasteiger partial charge in [0, 0.05) is 0 Å². The molecule has 0 bridgehead atoms. The van der Waals surface area contributed by atoms with Crippen LogP contribution in [-0.4, -0.2) is 29.0 Å². The average molecular weight is 374 g/mol. The van der Waals surface area contributed by atoms with Crippen molar-refractivity contribution in [2.24, 2.45) is 4.99 Å². The number of thioether (sulfide) groups is 1. The van der Waals surface area contributed by atoms with Gasteiger partial charge in [0.1, 0.15) is 0 Å². The van der Waals surface area contributed by atoms with Crippen LogP contribution in [0.3, 0.4) is 0 Å². The van der Waals surface area contributed by atoms with Gasteiger partial charge in [0.25, 0.3) is 15.9 Å². The predicted octanol–water partition coefficient (Wildman–Crippen LogP) is 3.73. The van der Waals surface area contributed by atoms with Gasteiger partial charge >= 0.3 is 0 Å². The van der Waals surface area contributed by atoms with Crippen molar-refractivity contribution in [3.05, 3.63) is 60.2 Å². The molecule has 1 saturated heterocycles. The first-order valence-corrected chi connectivity index (χ1v) is 10.2. The number of nitrogens with zero attached hydrogens (tertiary/aromatic N) is 2. The molecule has 1 amide bonds. The van der Waals surface area contributed by atoms with E-state index in [-0.39, 0.29) is 10.1 Å². The van der Waals surface area contributed by atoms with Crippen molar-refractivity contribution in [3.63, 3.8) is 0 Å². The molecule has 2 aromatic rings. The zero-order valence-electron chi connectivity index (χ0n) is 13.9. The summed E-state index contributed by atoms with van der Waals surface area (Å²) in [4.78, 5) is 17.2. The highest BCUT2D eigenvalue weighted by Crippen LogP contribution is 2.35. The van der Waals surface area contributed by atoms with Gasteiger partial charge < -0.3 is 0 Å². The van der Waals surface area contributed by atoms with E-state index in [0.717, 1.165) is 9.87 Å². The summed E-state index contributed by atoms with van der Waals surface area (Å²) in [6.07, 6.45) is 0.539. The van der Waals surface area contributed by atoms with Crippen molar-refractivity contribution >= 4 is 38.5 Å². The van der Waals surface area contributed by atoms with Crippen LogP contribution in [0.5, 0.6) is 0 Å². The summed E-state index contributed by atoms with van der Waals surface area (Å²) in [7, 11) is -3.98. The first-order valence-electron chi connectivity index (χ1n) is 7.89. The summed E-state index contributed by atoms with van der Waals surface area (Å²) in [6.45, 7) is 3.74. The van der Waals surface area contributed by atoms with E-state index >= 15 is 0 Å². The molecule has 25 heavy (non-hydrogen) atoms. The number of carbonyl (C=O) groups is 1. The second-order valence-electron chi connectivity index (χ2n) is 5.67. The molecular formula is C18H18N2O3S2. The number of aliphatic imine (C=N–C) groups is 1. The normalized spacial score (nSPS) is 19.6. The first-order chi connectivity index (χ1) is 11.9.